The molecule has 2 saturated heterocycles. The molecule has 0 aliphatic carbocycles. The van der Waals surface area contributed by atoms with Crippen molar-refractivity contribution in [2.75, 3.05) is 19.6 Å². The Morgan fingerprint density at radius 1 is 1.27 bits per heavy atom. The fourth-order valence-corrected chi connectivity index (χ4v) is 3.08. The lowest BCUT2D eigenvalue weighted by Gasteiger charge is -2.21. The van der Waals surface area contributed by atoms with E-state index in [0.717, 1.165) is 25.9 Å². The van der Waals surface area contributed by atoms with E-state index in [0.29, 0.717) is 25.3 Å². The zero-order valence-corrected chi connectivity index (χ0v) is 13.9. The van der Waals surface area contributed by atoms with Gasteiger partial charge in [0.05, 0.1) is 0 Å². The van der Waals surface area contributed by atoms with Crippen LogP contribution in [0.15, 0.2) is 0 Å². The lowest BCUT2D eigenvalue weighted by atomic mass is 10.0. The minimum atomic E-state index is -0.831. The summed E-state index contributed by atoms with van der Waals surface area (Å²) in [7, 11) is 0. The monoisotopic (exact) mass is 309 g/mol. The molecular formula is C16H27N3O3. The Labute approximate surface area is 132 Å². The van der Waals surface area contributed by atoms with Gasteiger partial charge in [-0.1, -0.05) is 6.92 Å². The molecule has 0 spiro atoms. The quantitative estimate of drug-likeness (QED) is 0.804. The largest absolute Gasteiger partial charge is 0.343 e. The number of imide groups is 1. The van der Waals surface area contributed by atoms with Crippen molar-refractivity contribution in [3.05, 3.63) is 0 Å². The number of hydrogen-bond acceptors (Lipinski definition) is 3. The number of amides is 4. The van der Waals surface area contributed by atoms with E-state index in [4.69, 9.17) is 0 Å². The Balaban J connectivity index is 1.77. The molecule has 1 atom stereocenters. The van der Waals surface area contributed by atoms with Crippen molar-refractivity contribution in [1.82, 2.24) is 15.1 Å². The van der Waals surface area contributed by atoms with Gasteiger partial charge in [-0.05, 0) is 45.4 Å². The van der Waals surface area contributed by atoms with Crippen molar-refractivity contribution >= 4 is 17.8 Å². The molecule has 2 rings (SSSR count). The van der Waals surface area contributed by atoms with E-state index >= 15 is 0 Å². The molecule has 0 aromatic rings. The Hall–Kier alpha value is -1.59. The van der Waals surface area contributed by atoms with Crippen LogP contribution in [0, 0.1) is 5.92 Å². The third kappa shape index (κ3) is 3.78. The van der Waals surface area contributed by atoms with E-state index in [-0.39, 0.29) is 17.8 Å². The predicted molar refractivity (Wildman–Crippen MR) is 83.2 cm³/mol. The maximum atomic E-state index is 12.2. The van der Waals surface area contributed by atoms with Gasteiger partial charge >= 0.3 is 6.03 Å². The van der Waals surface area contributed by atoms with E-state index in [1.54, 1.807) is 13.8 Å². The van der Waals surface area contributed by atoms with Crippen molar-refractivity contribution in [3.63, 3.8) is 0 Å². The molecule has 1 N–H and O–H groups in total. The molecule has 2 heterocycles. The summed E-state index contributed by atoms with van der Waals surface area (Å²) in [4.78, 5) is 39.2. The number of hydrogen-bond donors (Lipinski definition) is 1. The number of urea groups is 1. The van der Waals surface area contributed by atoms with Gasteiger partial charge in [-0.15, -0.1) is 0 Å². The number of likely N-dealkylation sites (tertiary alicyclic amines) is 1. The topological polar surface area (TPSA) is 69.7 Å². The second-order valence-electron chi connectivity index (χ2n) is 7.03. The van der Waals surface area contributed by atoms with Gasteiger partial charge in [-0.3, -0.25) is 14.5 Å². The van der Waals surface area contributed by atoms with Crippen molar-refractivity contribution in [1.29, 1.82) is 0 Å². The van der Waals surface area contributed by atoms with Gasteiger partial charge in [-0.2, -0.15) is 0 Å². The first-order valence-corrected chi connectivity index (χ1v) is 8.23. The number of nitrogens with one attached hydrogen (secondary N) is 1. The molecule has 2 aliphatic heterocycles. The SMILES string of the molecule is C[C@@H]1CCCN(C(=O)CCCN2C(=O)NC(C)(C)C2=O)CC1. The van der Waals surface area contributed by atoms with Crippen LogP contribution in [0.3, 0.4) is 0 Å². The summed E-state index contributed by atoms with van der Waals surface area (Å²) < 4.78 is 0. The highest BCUT2D eigenvalue weighted by molar-refractivity contribution is 6.06. The molecule has 6 nitrogen and oxygen atoms in total. The summed E-state index contributed by atoms with van der Waals surface area (Å²) in [6.45, 7) is 7.58. The van der Waals surface area contributed by atoms with Crippen LogP contribution >= 0.6 is 0 Å². The van der Waals surface area contributed by atoms with Crippen molar-refractivity contribution in [2.24, 2.45) is 5.92 Å². The highest BCUT2D eigenvalue weighted by Crippen LogP contribution is 2.19. The highest BCUT2D eigenvalue weighted by Gasteiger charge is 2.43. The van der Waals surface area contributed by atoms with Gasteiger partial charge in [0, 0.05) is 26.1 Å². The van der Waals surface area contributed by atoms with Crippen LogP contribution in [0.25, 0.3) is 0 Å². The van der Waals surface area contributed by atoms with Crippen LogP contribution in [-0.2, 0) is 9.59 Å². The summed E-state index contributed by atoms with van der Waals surface area (Å²) in [5, 5.41) is 2.65. The lowest BCUT2D eigenvalue weighted by molar-refractivity contribution is -0.133. The number of carbonyl (C=O) groups is 3. The number of nitrogens with zero attached hydrogens (tertiary/aromatic N) is 2. The highest BCUT2D eigenvalue weighted by atomic mass is 16.2. The maximum Gasteiger partial charge on any atom is 0.325 e. The minimum absolute atomic E-state index is 0.139. The van der Waals surface area contributed by atoms with Crippen LogP contribution in [0.4, 0.5) is 4.79 Å². The number of rotatable bonds is 4. The lowest BCUT2D eigenvalue weighted by Crippen LogP contribution is -2.40. The van der Waals surface area contributed by atoms with Crippen LogP contribution in [0.1, 0.15) is 52.9 Å². The van der Waals surface area contributed by atoms with Crippen molar-refractivity contribution < 1.29 is 14.4 Å². The first-order valence-electron chi connectivity index (χ1n) is 8.23. The molecule has 124 valence electrons. The Morgan fingerprint density at radius 2 is 2.00 bits per heavy atom. The van der Waals surface area contributed by atoms with E-state index in [9.17, 15) is 14.4 Å². The average Bonchev–Trinajstić information content (AvgIpc) is 2.61. The molecule has 0 radical (unpaired) electrons. The Morgan fingerprint density at radius 3 is 2.64 bits per heavy atom. The van der Waals surface area contributed by atoms with Crippen LogP contribution in [0.5, 0.6) is 0 Å². The van der Waals surface area contributed by atoms with Crippen LogP contribution in [-0.4, -0.2) is 52.8 Å². The van der Waals surface area contributed by atoms with Crippen molar-refractivity contribution in [3.8, 4) is 0 Å². The summed E-state index contributed by atoms with van der Waals surface area (Å²) >= 11 is 0. The fraction of sp³-hybridized carbons (Fsp3) is 0.812. The first kappa shape index (κ1) is 16.8. The minimum Gasteiger partial charge on any atom is -0.343 e. The van der Waals surface area contributed by atoms with Gasteiger partial charge in [0.1, 0.15) is 5.54 Å². The van der Waals surface area contributed by atoms with E-state index in [1.165, 1.54) is 11.3 Å². The fourth-order valence-electron chi connectivity index (χ4n) is 3.08. The molecule has 0 aromatic carbocycles. The molecule has 2 fully saturated rings. The van der Waals surface area contributed by atoms with Crippen LogP contribution < -0.4 is 5.32 Å². The molecule has 4 amide bonds. The van der Waals surface area contributed by atoms with Gasteiger partial charge in [-0.25, -0.2) is 4.79 Å². The standard InChI is InChI=1S/C16H27N3O3/c1-12-6-4-9-18(11-8-12)13(20)7-5-10-19-14(21)16(2,3)17-15(19)22/h12H,4-11H2,1-3H3,(H,17,22)/t12-/m1/s1. The third-order valence-electron chi connectivity index (χ3n) is 4.59. The van der Waals surface area contributed by atoms with Gasteiger partial charge in [0.2, 0.25) is 5.91 Å². The zero-order valence-electron chi connectivity index (χ0n) is 13.9. The average molecular weight is 309 g/mol. The van der Waals surface area contributed by atoms with Crippen molar-refractivity contribution in [2.45, 2.75) is 58.4 Å². The molecule has 22 heavy (non-hydrogen) atoms. The molecule has 0 aromatic heterocycles. The van der Waals surface area contributed by atoms with E-state index < -0.39 is 5.54 Å². The summed E-state index contributed by atoms with van der Waals surface area (Å²) in [6.07, 6.45) is 4.23. The number of carbonyl (C=O) groups excluding carboxylic acids is 3. The predicted octanol–water partition coefficient (Wildman–Crippen LogP) is 1.75. The normalized spacial score (nSPS) is 25.1. The zero-order chi connectivity index (χ0) is 16.3. The van der Waals surface area contributed by atoms with E-state index in [2.05, 4.69) is 12.2 Å². The molecule has 6 heteroatoms. The smallest absolute Gasteiger partial charge is 0.325 e. The third-order valence-corrected chi connectivity index (χ3v) is 4.59. The second kappa shape index (κ2) is 6.67. The molecule has 0 bridgehead atoms. The maximum absolute atomic E-state index is 12.2. The Kier molecular flexibility index (Phi) is 5.08. The molecule has 0 unspecified atom stereocenters. The van der Waals surface area contributed by atoms with Gasteiger partial charge < -0.3 is 10.2 Å². The molecular weight excluding hydrogens is 282 g/mol. The summed E-state index contributed by atoms with van der Waals surface area (Å²) in [5.74, 6) is 0.611. The Bertz CT molecular complexity index is 462. The summed E-state index contributed by atoms with van der Waals surface area (Å²) in [5.41, 5.74) is -0.831. The van der Waals surface area contributed by atoms with Gasteiger partial charge in [0.25, 0.3) is 5.91 Å². The molecule has 2 aliphatic rings. The van der Waals surface area contributed by atoms with Gasteiger partial charge in [0.15, 0.2) is 0 Å². The first-order chi connectivity index (χ1) is 10.3. The second-order valence-corrected chi connectivity index (χ2v) is 7.03. The molecule has 0 saturated carbocycles. The van der Waals surface area contributed by atoms with Crippen LogP contribution in [0.2, 0.25) is 0 Å². The van der Waals surface area contributed by atoms with E-state index in [1.807, 2.05) is 4.90 Å². The summed E-state index contributed by atoms with van der Waals surface area (Å²) in [6, 6.07) is -0.356.